The van der Waals surface area contributed by atoms with Crippen LogP contribution in [0.25, 0.3) is 0 Å². The fraction of sp³-hybridized carbons (Fsp3) is 0.200. The van der Waals surface area contributed by atoms with E-state index in [0.29, 0.717) is 16.8 Å². The van der Waals surface area contributed by atoms with Crippen molar-refractivity contribution in [1.82, 2.24) is 5.32 Å². The summed E-state index contributed by atoms with van der Waals surface area (Å²) in [5, 5.41) is 3.12. The molecular weight excluding hydrogens is 328 g/mol. The van der Waals surface area contributed by atoms with Crippen molar-refractivity contribution in [1.29, 1.82) is 0 Å². The van der Waals surface area contributed by atoms with E-state index in [1.54, 1.807) is 12.1 Å². The average Bonchev–Trinajstić information content (AvgIpc) is 2.42. The predicted molar refractivity (Wildman–Crippen MR) is 78.0 cm³/mol. The lowest BCUT2D eigenvalue weighted by Gasteiger charge is -2.10. The Morgan fingerprint density at radius 2 is 1.85 bits per heavy atom. The van der Waals surface area contributed by atoms with E-state index in [9.17, 15) is 8.78 Å². The number of hydrogen-bond donors (Lipinski definition) is 1. The fourth-order valence-electron chi connectivity index (χ4n) is 1.68. The zero-order valence-corrected chi connectivity index (χ0v) is 12.5. The molecule has 0 saturated carbocycles. The van der Waals surface area contributed by atoms with Gasteiger partial charge in [-0.1, -0.05) is 13.0 Å². The van der Waals surface area contributed by atoms with Crippen molar-refractivity contribution in [3.05, 3.63) is 58.1 Å². The molecule has 0 bridgehead atoms. The van der Waals surface area contributed by atoms with Gasteiger partial charge in [0.2, 0.25) is 0 Å². The minimum Gasteiger partial charge on any atom is -0.453 e. The summed E-state index contributed by atoms with van der Waals surface area (Å²) in [5.41, 5.74) is 0.842. The van der Waals surface area contributed by atoms with Gasteiger partial charge in [0.05, 0.1) is 4.47 Å². The summed E-state index contributed by atoms with van der Waals surface area (Å²) in [6.45, 7) is 3.41. The van der Waals surface area contributed by atoms with Crippen molar-refractivity contribution in [2.75, 3.05) is 6.54 Å². The standard InChI is InChI=1S/C15H14BrF2NO/c1-2-19-9-10-3-5-15(13(18)7-10)20-14-6-4-11(17)8-12(14)16/h3-8,19H,2,9H2,1H3. The van der Waals surface area contributed by atoms with Gasteiger partial charge in [0.15, 0.2) is 11.6 Å². The zero-order valence-electron chi connectivity index (χ0n) is 10.9. The average molecular weight is 342 g/mol. The Hall–Kier alpha value is -1.46. The smallest absolute Gasteiger partial charge is 0.166 e. The molecule has 0 fully saturated rings. The van der Waals surface area contributed by atoms with E-state index >= 15 is 0 Å². The van der Waals surface area contributed by atoms with E-state index in [2.05, 4.69) is 21.2 Å². The van der Waals surface area contributed by atoms with E-state index in [1.165, 1.54) is 24.3 Å². The Morgan fingerprint density at radius 3 is 2.50 bits per heavy atom. The number of rotatable bonds is 5. The molecule has 2 nitrogen and oxygen atoms in total. The van der Waals surface area contributed by atoms with Crippen LogP contribution in [0, 0.1) is 11.6 Å². The molecule has 0 aliphatic heterocycles. The highest BCUT2D eigenvalue weighted by Crippen LogP contribution is 2.31. The SMILES string of the molecule is CCNCc1ccc(Oc2ccc(F)cc2Br)c(F)c1. The van der Waals surface area contributed by atoms with Crippen LogP contribution in [0.1, 0.15) is 12.5 Å². The molecule has 0 radical (unpaired) electrons. The third kappa shape index (κ3) is 3.77. The van der Waals surface area contributed by atoms with Crippen LogP contribution in [0.5, 0.6) is 11.5 Å². The summed E-state index contributed by atoms with van der Waals surface area (Å²) < 4.78 is 32.8. The van der Waals surface area contributed by atoms with Crippen LogP contribution in [-0.4, -0.2) is 6.54 Å². The topological polar surface area (TPSA) is 21.3 Å². The molecule has 0 unspecified atom stereocenters. The Kier molecular flexibility index (Phi) is 5.09. The molecule has 5 heteroatoms. The Labute approximate surface area is 124 Å². The molecule has 106 valence electrons. The molecule has 0 spiro atoms. The highest BCUT2D eigenvalue weighted by Gasteiger charge is 2.09. The van der Waals surface area contributed by atoms with Crippen LogP contribution in [-0.2, 0) is 6.54 Å². The first-order valence-corrected chi connectivity index (χ1v) is 7.01. The molecule has 2 aromatic rings. The van der Waals surface area contributed by atoms with Crippen molar-refractivity contribution < 1.29 is 13.5 Å². The lowest BCUT2D eigenvalue weighted by Crippen LogP contribution is -2.11. The lowest BCUT2D eigenvalue weighted by molar-refractivity contribution is 0.438. The van der Waals surface area contributed by atoms with E-state index in [-0.39, 0.29) is 11.6 Å². The van der Waals surface area contributed by atoms with Crippen LogP contribution in [0.3, 0.4) is 0 Å². The van der Waals surface area contributed by atoms with Gasteiger partial charge in [0, 0.05) is 6.54 Å². The molecular formula is C15H14BrF2NO. The van der Waals surface area contributed by atoms with Gasteiger partial charge in [-0.05, 0) is 58.4 Å². The second-order valence-electron chi connectivity index (χ2n) is 4.22. The van der Waals surface area contributed by atoms with Gasteiger partial charge in [0.25, 0.3) is 0 Å². The summed E-state index contributed by atoms with van der Waals surface area (Å²) in [6, 6.07) is 8.77. The number of benzene rings is 2. The second kappa shape index (κ2) is 6.81. The Bertz CT molecular complexity index is 604. The van der Waals surface area contributed by atoms with Gasteiger partial charge in [-0.15, -0.1) is 0 Å². The van der Waals surface area contributed by atoms with Gasteiger partial charge < -0.3 is 10.1 Å². The third-order valence-corrected chi connectivity index (χ3v) is 3.31. The van der Waals surface area contributed by atoms with Crippen molar-refractivity contribution >= 4 is 15.9 Å². The lowest BCUT2D eigenvalue weighted by atomic mass is 10.2. The minimum atomic E-state index is -0.448. The maximum Gasteiger partial charge on any atom is 0.166 e. The van der Waals surface area contributed by atoms with Crippen molar-refractivity contribution in [3.63, 3.8) is 0 Å². The number of nitrogens with one attached hydrogen (secondary N) is 1. The number of ether oxygens (including phenoxy) is 1. The molecule has 0 aromatic heterocycles. The van der Waals surface area contributed by atoms with E-state index in [0.717, 1.165) is 12.1 Å². The van der Waals surface area contributed by atoms with Crippen molar-refractivity contribution in [2.24, 2.45) is 0 Å². The van der Waals surface area contributed by atoms with Gasteiger partial charge in [0.1, 0.15) is 11.6 Å². The molecule has 0 atom stereocenters. The third-order valence-electron chi connectivity index (χ3n) is 2.69. The summed E-state index contributed by atoms with van der Waals surface area (Å²) in [4.78, 5) is 0. The van der Waals surface area contributed by atoms with Crippen LogP contribution < -0.4 is 10.1 Å². The predicted octanol–water partition coefficient (Wildman–Crippen LogP) is 4.63. The second-order valence-corrected chi connectivity index (χ2v) is 5.08. The Morgan fingerprint density at radius 1 is 1.10 bits per heavy atom. The molecule has 0 aliphatic rings. The van der Waals surface area contributed by atoms with E-state index in [4.69, 9.17) is 4.74 Å². The molecule has 2 rings (SSSR count). The minimum absolute atomic E-state index is 0.109. The molecule has 1 N–H and O–H groups in total. The Balaban J connectivity index is 2.17. The highest BCUT2D eigenvalue weighted by molar-refractivity contribution is 9.10. The monoisotopic (exact) mass is 341 g/mol. The van der Waals surface area contributed by atoms with Gasteiger partial charge in [-0.25, -0.2) is 8.78 Å². The first-order valence-electron chi connectivity index (χ1n) is 6.22. The fourth-order valence-corrected chi connectivity index (χ4v) is 2.11. The quantitative estimate of drug-likeness (QED) is 0.856. The molecule has 0 amide bonds. The van der Waals surface area contributed by atoms with E-state index < -0.39 is 5.82 Å². The summed E-state index contributed by atoms with van der Waals surface area (Å²) in [5.74, 6) is -0.357. The summed E-state index contributed by atoms with van der Waals surface area (Å²) >= 11 is 3.18. The zero-order chi connectivity index (χ0) is 14.5. The van der Waals surface area contributed by atoms with Crippen LogP contribution in [0.15, 0.2) is 40.9 Å². The van der Waals surface area contributed by atoms with Crippen LogP contribution in [0.4, 0.5) is 8.78 Å². The number of hydrogen-bond acceptors (Lipinski definition) is 2. The van der Waals surface area contributed by atoms with Crippen LogP contribution in [0.2, 0.25) is 0 Å². The molecule has 0 heterocycles. The van der Waals surface area contributed by atoms with Crippen molar-refractivity contribution in [3.8, 4) is 11.5 Å². The highest BCUT2D eigenvalue weighted by atomic mass is 79.9. The van der Waals surface area contributed by atoms with Gasteiger partial charge >= 0.3 is 0 Å². The van der Waals surface area contributed by atoms with Crippen LogP contribution >= 0.6 is 15.9 Å². The number of halogens is 3. The molecule has 2 aromatic carbocycles. The molecule has 20 heavy (non-hydrogen) atoms. The molecule has 0 saturated heterocycles. The van der Waals surface area contributed by atoms with Crippen molar-refractivity contribution in [2.45, 2.75) is 13.5 Å². The van der Waals surface area contributed by atoms with Gasteiger partial charge in [-0.2, -0.15) is 0 Å². The van der Waals surface area contributed by atoms with E-state index in [1.807, 2.05) is 6.92 Å². The normalized spacial score (nSPS) is 10.6. The first-order chi connectivity index (χ1) is 9.60. The first kappa shape index (κ1) is 14.9. The summed E-state index contributed by atoms with van der Waals surface area (Å²) in [6.07, 6.45) is 0. The maximum atomic E-state index is 13.9. The molecule has 0 aliphatic carbocycles. The van der Waals surface area contributed by atoms with Gasteiger partial charge in [-0.3, -0.25) is 0 Å². The largest absolute Gasteiger partial charge is 0.453 e. The maximum absolute atomic E-state index is 13.9. The summed E-state index contributed by atoms with van der Waals surface area (Å²) in [7, 11) is 0.